The summed E-state index contributed by atoms with van der Waals surface area (Å²) in [6, 6.07) is 5.58. The second-order valence-corrected chi connectivity index (χ2v) is 4.80. The highest BCUT2D eigenvalue weighted by Gasteiger charge is 2.46. The number of carboxylic acid groups (broad SMARTS) is 1. The van der Waals surface area contributed by atoms with Gasteiger partial charge in [-0.1, -0.05) is 17.7 Å². The van der Waals surface area contributed by atoms with Gasteiger partial charge in [-0.15, -0.1) is 0 Å². The summed E-state index contributed by atoms with van der Waals surface area (Å²) in [5, 5.41) is 12.9. The molecule has 1 aromatic rings. The summed E-state index contributed by atoms with van der Waals surface area (Å²) >= 11 is 5.99. The van der Waals surface area contributed by atoms with Gasteiger partial charge in [-0.25, -0.2) is 0 Å². The molecule has 1 heterocycles. The zero-order chi connectivity index (χ0) is 12.5. The third-order valence-electron chi connectivity index (χ3n) is 3.01. The Hall–Kier alpha value is -1.26. The number of nitrogens with one attached hydrogen (secondary N) is 1. The predicted octanol–water partition coefficient (Wildman–Crippen LogP) is 2.16. The van der Waals surface area contributed by atoms with E-state index in [0.29, 0.717) is 11.6 Å². The monoisotopic (exact) mass is 255 g/mol. The minimum Gasteiger partial charge on any atom is -0.481 e. The fourth-order valence-corrected chi connectivity index (χ4v) is 1.80. The molecule has 92 valence electrons. The first kappa shape index (κ1) is 12.2. The average molecular weight is 256 g/mol. The van der Waals surface area contributed by atoms with Crippen LogP contribution in [0, 0.1) is 12.3 Å². The minimum atomic E-state index is -0.825. The Morgan fingerprint density at radius 3 is 2.76 bits per heavy atom. The number of rotatable bonds is 4. The molecule has 0 amide bonds. The Kier molecular flexibility index (Phi) is 3.26. The molecule has 0 saturated carbocycles. The van der Waals surface area contributed by atoms with E-state index in [1.165, 1.54) is 0 Å². The number of aryl methyl sites for hydroxylation is 1. The van der Waals surface area contributed by atoms with Crippen LogP contribution in [0.4, 0.5) is 5.69 Å². The van der Waals surface area contributed by atoms with Crippen LogP contribution in [0.3, 0.4) is 0 Å². The second kappa shape index (κ2) is 4.55. The molecule has 2 N–H and O–H groups in total. The van der Waals surface area contributed by atoms with Crippen LogP contribution in [0.15, 0.2) is 18.2 Å². The van der Waals surface area contributed by atoms with E-state index in [1.807, 2.05) is 19.1 Å². The van der Waals surface area contributed by atoms with Crippen molar-refractivity contribution in [3.8, 4) is 0 Å². The van der Waals surface area contributed by atoms with Crippen molar-refractivity contribution >= 4 is 23.3 Å². The zero-order valence-corrected chi connectivity index (χ0v) is 10.3. The third kappa shape index (κ3) is 2.37. The molecular weight excluding hydrogens is 242 g/mol. The Morgan fingerprint density at radius 2 is 2.29 bits per heavy atom. The molecule has 2 rings (SSSR count). The van der Waals surface area contributed by atoms with E-state index in [4.69, 9.17) is 21.4 Å². The summed E-state index contributed by atoms with van der Waals surface area (Å²) in [4.78, 5) is 11.1. The molecule has 17 heavy (non-hydrogen) atoms. The fraction of sp³-hybridized carbons (Fsp3) is 0.417. The lowest BCUT2D eigenvalue weighted by molar-refractivity contribution is -0.176. The van der Waals surface area contributed by atoms with E-state index < -0.39 is 11.4 Å². The molecule has 0 bridgehead atoms. The molecule has 1 aromatic carbocycles. The van der Waals surface area contributed by atoms with Gasteiger partial charge in [0.1, 0.15) is 5.41 Å². The van der Waals surface area contributed by atoms with E-state index in [0.717, 1.165) is 11.3 Å². The van der Waals surface area contributed by atoms with Gasteiger partial charge in [0.2, 0.25) is 0 Å². The van der Waals surface area contributed by atoms with Gasteiger partial charge in [-0.2, -0.15) is 0 Å². The van der Waals surface area contributed by atoms with E-state index >= 15 is 0 Å². The number of aliphatic carboxylic acids is 1. The number of hydrogen-bond acceptors (Lipinski definition) is 3. The van der Waals surface area contributed by atoms with Crippen LogP contribution >= 0.6 is 11.6 Å². The molecular formula is C12H14ClNO3. The van der Waals surface area contributed by atoms with Crippen molar-refractivity contribution in [2.24, 2.45) is 5.41 Å². The first-order chi connectivity index (χ1) is 8.03. The first-order valence-electron chi connectivity index (χ1n) is 5.35. The van der Waals surface area contributed by atoms with Crippen LogP contribution in [0.2, 0.25) is 5.02 Å². The summed E-state index contributed by atoms with van der Waals surface area (Å²) in [5.74, 6) is -0.825. The van der Waals surface area contributed by atoms with E-state index in [-0.39, 0.29) is 13.2 Å². The van der Waals surface area contributed by atoms with Crippen molar-refractivity contribution in [3.63, 3.8) is 0 Å². The molecule has 5 heteroatoms. The number of ether oxygens (including phenoxy) is 1. The van der Waals surface area contributed by atoms with E-state index in [1.54, 1.807) is 6.07 Å². The fourth-order valence-electron chi connectivity index (χ4n) is 1.62. The predicted molar refractivity (Wildman–Crippen MR) is 65.6 cm³/mol. The van der Waals surface area contributed by atoms with Crippen molar-refractivity contribution in [2.45, 2.75) is 6.92 Å². The van der Waals surface area contributed by atoms with Gasteiger partial charge in [0, 0.05) is 17.3 Å². The molecule has 0 aliphatic carbocycles. The van der Waals surface area contributed by atoms with Crippen LogP contribution in [0.25, 0.3) is 0 Å². The van der Waals surface area contributed by atoms with Crippen LogP contribution in [0.1, 0.15) is 5.56 Å². The topological polar surface area (TPSA) is 58.6 Å². The van der Waals surface area contributed by atoms with Gasteiger partial charge in [0.25, 0.3) is 0 Å². The Bertz CT molecular complexity index is 443. The maximum atomic E-state index is 11.1. The maximum Gasteiger partial charge on any atom is 0.316 e. The largest absolute Gasteiger partial charge is 0.481 e. The van der Waals surface area contributed by atoms with Crippen molar-refractivity contribution < 1.29 is 14.6 Å². The highest BCUT2D eigenvalue weighted by Crippen LogP contribution is 2.29. The van der Waals surface area contributed by atoms with Crippen LogP contribution < -0.4 is 5.32 Å². The molecule has 1 aliphatic rings. The standard InChI is InChI=1S/C12H14ClNO3/c1-8-2-3-9(4-10(8)13)14-5-12(11(15)16)6-17-7-12/h2-4,14H,5-7H2,1H3,(H,15,16). The first-order valence-corrected chi connectivity index (χ1v) is 5.72. The summed E-state index contributed by atoms with van der Waals surface area (Å²) in [5.41, 5.74) is 1.03. The van der Waals surface area contributed by atoms with Crippen molar-refractivity contribution in [3.05, 3.63) is 28.8 Å². The number of hydrogen-bond donors (Lipinski definition) is 2. The van der Waals surface area contributed by atoms with E-state index in [2.05, 4.69) is 5.32 Å². The van der Waals surface area contributed by atoms with Crippen molar-refractivity contribution in [1.29, 1.82) is 0 Å². The molecule has 1 aliphatic heterocycles. The molecule has 0 aromatic heterocycles. The Morgan fingerprint density at radius 1 is 1.59 bits per heavy atom. The summed E-state index contributed by atoms with van der Waals surface area (Å²) in [6.45, 7) is 2.79. The molecule has 0 radical (unpaired) electrons. The highest BCUT2D eigenvalue weighted by atomic mass is 35.5. The van der Waals surface area contributed by atoms with Crippen molar-refractivity contribution in [1.82, 2.24) is 0 Å². The Labute approximate surface area is 105 Å². The summed E-state index contributed by atoms with van der Waals surface area (Å²) < 4.78 is 4.98. The van der Waals surface area contributed by atoms with Gasteiger partial charge in [0.05, 0.1) is 13.2 Å². The van der Waals surface area contributed by atoms with Gasteiger partial charge >= 0.3 is 5.97 Å². The molecule has 1 saturated heterocycles. The summed E-state index contributed by atoms with van der Waals surface area (Å²) in [6.07, 6.45) is 0. The molecule has 4 nitrogen and oxygen atoms in total. The Balaban J connectivity index is 2.02. The lowest BCUT2D eigenvalue weighted by Gasteiger charge is -2.37. The average Bonchev–Trinajstić information content (AvgIpc) is 2.21. The number of carbonyl (C=O) groups is 1. The van der Waals surface area contributed by atoms with Crippen LogP contribution in [-0.4, -0.2) is 30.8 Å². The highest BCUT2D eigenvalue weighted by molar-refractivity contribution is 6.31. The second-order valence-electron chi connectivity index (χ2n) is 4.40. The molecule has 0 atom stereocenters. The van der Waals surface area contributed by atoms with Gasteiger partial charge in [-0.05, 0) is 24.6 Å². The molecule has 0 spiro atoms. The van der Waals surface area contributed by atoms with Crippen molar-refractivity contribution in [2.75, 3.05) is 25.1 Å². The normalized spacial score (nSPS) is 17.3. The number of carboxylic acids is 1. The summed E-state index contributed by atoms with van der Waals surface area (Å²) in [7, 11) is 0. The maximum absolute atomic E-state index is 11.1. The smallest absolute Gasteiger partial charge is 0.316 e. The zero-order valence-electron chi connectivity index (χ0n) is 9.50. The van der Waals surface area contributed by atoms with Crippen LogP contribution in [0.5, 0.6) is 0 Å². The number of anilines is 1. The lowest BCUT2D eigenvalue weighted by atomic mass is 9.86. The molecule has 0 unspecified atom stereocenters. The minimum absolute atomic E-state index is 0.259. The van der Waals surface area contributed by atoms with Gasteiger partial charge in [-0.3, -0.25) is 4.79 Å². The van der Waals surface area contributed by atoms with Crippen LogP contribution in [-0.2, 0) is 9.53 Å². The van der Waals surface area contributed by atoms with Gasteiger partial charge < -0.3 is 15.2 Å². The third-order valence-corrected chi connectivity index (χ3v) is 3.42. The number of benzene rings is 1. The quantitative estimate of drug-likeness (QED) is 0.866. The van der Waals surface area contributed by atoms with E-state index in [9.17, 15) is 4.79 Å². The lowest BCUT2D eigenvalue weighted by Crippen LogP contribution is -2.53. The number of halogens is 1. The SMILES string of the molecule is Cc1ccc(NCC2(C(=O)O)COC2)cc1Cl. The van der Waals surface area contributed by atoms with Gasteiger partial charge in [0.15, 0.2) is 0 Å². The molecule has 1 fully saturated rings.